The zero-order valence-electron chi connectivity index (χ0n) is 12.9. The van der Waals surface area contributed by atoms with Crippen LogP contribution in [0.2, 0.25) is 5.02 Å². The topological polar surface area (TPSA) is 53.7 Å². The lowest BCUT2D eigenvalue weighted by Gasteiger charge is -2.24. The van der Waals surface area contributed by atoms with Crippen molar-refractivity contribution in [1.29, 1.82) is 0 Å². The third-order valence-corrected chi connectivity index (χ3v) is 3.43. The number of hydrogen-bond acceptors (Lipinski definition) is 4. The fourth-order valence-electron chi connectivity index (χ4n) is 1.98. The second-order valence-corrected chi connectivity index (χ2v) is 5.31. The largest absolute Gasteiger partial charge is 0.382 e. The van der Waals surface area contributed by atoms with E-state index in [1.165, 1.54) is 0 Å². The summed E-state index contributed by atoms with van der Waals surface area (Å²) in [6.45, 7) is 4.56. The molecule has 0 spiro atoms. The van der Waals surface area contributed by atoms with Crippen molar-refractivity contribution in [3.05, 3.63) is 34.9 Å². The van der Waals surface area contributed by atoms with E-state index in [1.807, 2.05) is 24.3 Å². The van der Waals surface area contributed by atoms with E-state index in [1.54, 1.807) is 7.11 Å². The molecule has 1 aromatic carbocycles. The minimum atomic E-state index is -0.132. The van der Waals surface area contributed by atoms with Gasteiger partial charge in [0.15, 0.2) is 0 Å². The van der Waals surface area contributed by atoms with Crippen LogP contribution in [0.15, 0.2) is 24.3 Å². The zero-order chi connectivity index (χ0) is 15.5. The molecule has 2 N–H and O–H groups in total. The summed E-state index contributed by atoms with van der Waals surface area (Å²) in [4.78, 5) is 0. The highest BCUT2D eigenvalue weighted by Crippen LogP contribution is 2.24. The second kappa shape index (κ2) is 11.0. The van der Waals surface area contributed by atoms with Gasteiger partial charge in [0.05, 0.1) is 19.3 Å². The maximum atomic E-state index is 6.16. The van der Waals surface area contributed by atoms with Crippen LogP contribution in [-0.4, -0.2) is 39.6 Å². The van der Waals surface area contributed by atoms with Gasteiger partial charge < -0.3 is 19.9 Å². The predicted molar refractivity (Wildman–Crippen MR) is 85.7 cm³/mol. The van der Waals surface area contributed by atoms with Gasteiger partial charge >= 0.3 is 0 Å². The highest BCUT2D eigenvalue weighted by Gasteiger charge is 2.19. The van der Waals surface area contributed by atoms with Crippen LogP contribution in [-0.2, 0) is 14.2 Å². The molecule has 1 rings (SSSR count). The average molecular weight is 316 g/mol. The Kier molecular flexibility index (Phi) is 9.63. The molecule has 4 nitrogen and oxygen atoms in total. The number of halogens is 1. The highest BCUT2D eigenvalue weighted by atomic mass is 35.5. The molecule has 120 valence electrons. The van der Waals surface area contributed by atoms with E-state index in [9.17, 15) is 0 Å². The lowest BCUT2D eigenvalue weighted by Crippen LogP contribution is -2.30. The number of ether oxygens (including phenoxy) is 3. The Balaban J connectivity index is 2.41. The summed E-state index contributed by atoms with van der Waals surface area (Å²) in [7, 11) is 1.66. The Hall–Kier alpha value is -0.650. The molecule has 0 aliphatic rings. The summed E-state index contributed by atoms with van der Waals surface area (Å²) in [5.74, 6) is 0. The summed E-state index contributed by atoms with van der Waals surface area (Å²) in [6.07, 6.45) is 1.55. The zero-order valence-corrected chi connectivity index (χ0v) is 13.6. The smallest absolute Gasteiger partial charge is 0.0976 e. The molecular weight excluding hydrogens is 290 g/mol. The van der Waals surface area contributed by atoms with Gasteiger partial charge in [-0.15, -0.1) is 0 Å². The van der Waals surface area contributed by atoms with Crippen LogP contribution in [0.1, 0.15) is 31.4 Å². The molecule has 0 aliphatic carbocycles. The van der Waals surface area contributed by atoms with Gasteiger partial charge in [-0.3, -0.25) is 0 Å². The Bertz CT molecular complexity index is 390. The van der Waals surface area contributed by atoms with Crippen molar-refractivity contribution in [3.8, 4) is 0 Å². The van der Waals surface area contributed by atoms with Crippen LogP contribution >= 0.6 is 11.6 Å². The maximum absolute atomic E-state index is 6.16. The Labute approximate surface area is 132 Å². The van der Waals surface area contributed by atoms with Crippen molar-refractivity contribution in [2.45, 2.75) is 31.9 Å². The van der Waals surface area contributed by atoms with Gasteiger partial charge in [0.25, 0.3) is 0 Å². The third kappa shape index (κ3) is 7.25. The number of hydrogen-bond donors (Lipinski definition) is 1. The second-order valence-electron chi connectivity index (χ2n) is 4.88. The van der Waals surface area contributed by atoms with E-state index in [0.717, 1.165) is 18.4 Å². The Morgan fingerprint density at radius 3 is 2.67 bits per heavy atom. The van der Waals surface area contributed by atoms with E-state index in [-0.39, 0.29) is 12.1 Å². The van der Waals surface area contributed by atoms with Crippen LogP contribution < -0.4 is 5.73 Å². The maximum Gasteiger partial charge on any atom is 0.0976 e. The number of methoxy groups -OCH3 is 1. The molecule has 0 saturated carbocycles. The number of nitrogens with two attached hydrogens (primary N) is 1. The molecule has 0 heterocycles. The van der Waals surface area contributed by atoms with Gasteiger partial charge in [0.2, 0.25) is 0 Å². The van der Waals surface area contributed by atoms with Crippen molar-refractivity contribution < 1.29 is 14.2 Å². The van der Waals surface area contributed by atoms with Gasteiger partial charge in [0.1, 0.15) is 0 Å². The molecule has 5 heteroatoms. The summed E-state index contributed by atoms with van der Waals surface area (Å²) < 4.78 is 16.3. The molecule has 21 heavy (non-hydrogen) atoms. The Morgan fingerprint density at radius 1 is 1.19 bits per heavy atom. The van der Waals surface area contributed by atoms with Crippen LogP contribution in [0.4, 0.5) is 0 Å². The van der Waals surface area contributed by atoms with E-state index in [2.05, 4.69) is 6.92 Å². The highest BCUT2D eigenvalue weighted by molar-refractivity contribution is 6.30. The fourth-order valence-corrected chi connectivity index (χ4v) is 2.18. The first kappa shape index (κ1) is 18.4. The molecule has 0 radical (unpaired) electrons. The minimum absolute atomic E-state index is 0.0436. The standard InChI is InChI=1S/C16H26ClNO3/c1-3-15(18)16(13-6-4-7-14(17)12-13)21-9-5-8-20-11-10-19-2/h4,6-7,12,15-16H,3,5,8-11,18H2,1-2H3. The molecular formula is C16H26ClNO3. The molecule has 1 aromatic rings. The van der Waals surface area contributed by atoms with Crippen molar-refractivity contribution in [2.24, 2.45) is 5.73 Å². The van der Waals surface area contributed by atoms with Crippen LogP contribution in [0.5, 0.6) is 0 Å². The Morgan fingerprint density at radius 2 is 2.00 bits per heavy atom. The molecule has 2 atom stereocenters. The summed E-state index contributed by atoms with van der Waals surface area (Å²) in [6, 6.07) is 7.64. The van der Waals surface area contributed by atoms with Gasteiger partial charge in [-0.25, -0.2) is 0 Å². The molecule has 0 aromatic heterocycles. The molecule has 2 unspecified atom stereocenters. The van der Waals surface area contributed by atoms with Gasteiger partial charge in [0, 0.05) is 31.4 Å². The molecule has 0 fully saturated rings. The fraction of sp³-hybridized carbons (Fsp3) is 0.625. The van der Waals surface area contributed by atoms with E-state index >= 15 is 0 Å². The predicted octanol–water partition coefficient (Wildman–Crippen LogP) is 3.19. The van der Waals surface area contributed by atoms with E-state index < -0.39 is 0 Å². The normalized spacial score (nSPS) is 14.1. The van der Waals surface area contributed by atoms with Crippen molar-refractivity contribution in [1.82, 2.24) is 0 Å². The van der Waals surface area contributed by atoms with Gasteiger partial charge in [-0.05, 0) is 30.5 Å². The van der Waals surface area contributed by atoms with Crippen LogP contribution in [0, 0.1) is 0 Å². The van der Waals surface area contributed by atoms with Crippen molar-refractivity contribution in [3.63, 3.8) is 0 Å². The summed E-state index contributed by atoms with van der Waals surface area (Å²) in [5, 5.41) is 0.701. The molecule has 0 amide bonds. The van der Waals surface area contributed by atoms with E-state index in [4.69, 9.17) is 31.5 Å². The first-order valence-corrected chi connectivity index (χ1v) is 7.76. The van der Waals surface area contributed by atoms with Crippen molar-refractivity contribution >= 4 is 11.6 Å². The minimum Gasteiger partial charge on any atom is -0.382 e. The van der Waals surface area contributed by atoms with Gasteiger partial charge in [-0.1, -0.05) is 30.7 Å². The average Bonchev–Trinajstić information content (AvgIpc) is 2.49. The number of rotatable bonds is 11. The van der Waals surface area contributed by atoms with Crippen LogP contribution in [0.3, 0.4) is 0 Å². The molecule has 0 saturated heterocycles. The molecule has 0 bridgehead atoms. The van der Waals surface area contributed by atoms with Crippen molar-refractivity contribution in [2.75, 3.05) is 33.5 Å². The first-order chi connectivity index (χ1) is 10.2. The third-order valence-electron chi connectivity index (χ3n) is 3.20. The van der Waals surface area contributed by atoms with E-state index in [0.29, 0.717) is 31.5 Å². The van der Waals surface area contributed by atoms with Gasteiger partial charge in [-0.2, -0.15) is 0 Å². The SMILES string of the molecule is CCC(N)C(OCCCOCCOC)c1cccc(Cl)c1. The van der Waals surface area contributed by atoms with Crippen LogP contribution in [0.25, 0.3) is 0 Å². The first-order valence-electron chi connectivity index (χ1n) is 7.38. The quantitative estimate of drug-likeness (QED) is 0.637. The monoisotopic (exact) mass is 315 g/mol. The summed E-state index contributed by atoms with van der Waals surface area (Å²) >= 11 is 6.04. The summed E-state index contributed by atoms with van der Waals surface area (Å²) in [5.41, 5.74) is 7.19. The lowest BCUT2D eigenvalue weighted by atomic mass is 10.0. The number of benzene rings is 1. The molecule has 0 aliphatic heterocycles. The lowest BCUT2D eigenvalue weighted by molar-refractivity contribution is 0.0113.